The molecule has 0 saturated carbocycles. The van der Waals surface area contributed by atoms with E-state index in [0.29, 0.717) is 30.1 Å². The molecular formula is C33H36N2O5S. The van der Waals surface area contributed by atoms with Crippen LogP contribution in [-0.2, 0) is 22.4 Å². The Labute approximate surface area is 244 Å². The number of rotatable bonds is 11. The number of amides is 1. The molecule has 1 amide bonds. The number of hydrogen-bond acceptors (Lipinski definition) is 6. The zero-order valence-electron chi connectivity index (χ0n) is 24.2. The lowest BCUT2D eigenvalue weighted by molar-refractivity contribution is 0.0514. The van der Waals surface area contributed by atoms with Crippen molar-refractivity contribution in [3.63, 3.8) is 0 Å². The predicted octanol–water partition coefficient (Wildman–Crippen LogP) is 7.46. The van der Waals surface area contributed by atoms with E-state index in [1.807, 2.05) is 47.9 Å². The molecule has 0 aliphatic carbocycles. The number of nitrogens with zero attached hydrogens (tertiary/aromatic N) is 1. The SMILES string of the molecule is C=CCn1c(C(=O)Nc2sc(C(=O)OCCc3ccccc3)c(C)c2C(=O)OCC)c(C)c2cc(C(C)C)ccc21. The molecule has 2 aromatic carbocycles. The topological polar surface area (TPSA) is 86.6 Å². The maximum absolute atomic E-state index is 13.8. The van der Waals surface area contributed by atoms with Gasteiger partial charge in [0.2, 0.25) is 0 Å². The monoisotopic (exact) mass is 572 g/mol. The number of nitrogens with one attached hydrogen (secondary N) is 1. The van der Waals surface area contributed by atoms with Crippen LogP contribution in [0.2, 0.25) is 0 Å². The zero-order valence-corrected chi connectivity index (χ0v) is 25.0. The molecule has 0 aliphatic heterocycles. The van der Waals surface area contributed by atoms with Gasteiger partial charge in [-0.3, -0.25) is 4.79 Å². The Kier molecular flexibility index (Phi) is 9.45. The number of hydrogen-bond donors (Lipinski definition) is 1. The van der Waals surface area contributed by atoms with E-state index in [1.165, 1.54) is 5.56 Å². The molecule has 0 bridgehead atoms. The quantitative estimate of drug-likeness (QED) is 0.149. The summed E-state index contributed by atoms with van der Waals surface area (Å²) in [6.07, 6.45) is 2.31. The van der Waals surface area contributed by atoms with Crippen LogP contribution < -0.4 is 5.32 Å². The van der Waals surface area contributed by atoms with Crippen molar-refractivity contribution in [1.29, 1.82) is 0 Å². The van der Waals surface area contributed by atoms with Crippen LogP contribution in [0.25, 0.3) is 10.9 Å². The van der Waals surface area contributed by atoms with Crippen molar-refractivity contribution >= 4 is 45.1 Å². The minimum Gasteiger partial charge on any atom is -0.462 e. The van der Waals surface area contributed by atoms with E-state index < -0.39 is 11.9 Å². The second-order valence-electron chi connectivity index (χ2n) is 10.1. The van der Waals surface area contributed by atoms with Crippen molar-refractivity contribution in [2.24, 2.45) is 0 Å². The Morgan fingerprint density at radius 1 is 1.02 bits per heavy atom. The molecule has 0 unspecified atom stereocenters. The second-order valence-corrected chi connectivity index (χ2v) is 11.1. The fourth-order valence-corrected chi connectivity index (χ4v) is 5.97. The maximum atomic E-state index is 13.8. The van der Waals surface area contributed by atoms with E-state index in [2.05, 4.69) is 37.9 Å². The van der Waals surface area contributed by atoms with Crippen molar-refractivity contribution in [3.05, 3.63) is 99.6 Å². The Balaban J connectivity index is 1.68. The van der Waals surface area contributed by atoms with E-state index in [0.717, 1.165) is 33.4 Å². The third-order valence-electron chi connectivity index (χ3n) is 7.04. The lowest BCUT2D eigenvalue weighted by Crippen LogP contribution is -2.19. The van der Waals surface area contributed by atoms with Crippen molar-refractivity contribution in [2.75, 3.05) is 18.5 Å². The first-order chi connectivity index (χ1) is 19.7. The Bertz CT molecular complexity index is 1600. The highest BCUT2D eigenvalue weighted by Gasteiger charge is 2.29. The minimum atomic E-state index is -0.607. The van der Waals surface area contributed by atoms with Gasteiger partial charge >= 0.3 is 11.9 Å². The van der Waals surface area contributed by atoms with Gasteiger partial charge in [0.25, 0.3) is 5.91 Å². The van der Waals surface area contributed by atoms with Crippen LogP contribution in [0.1, 0.15) is 79.5 Å². The molecule has 0 fully saturated rings. The van der Waals surface area contributed by atoms with Gasteiger partial charge in [0.05, 0.1) is 18.8 Å². The number of aromatic nitrogens is 1. The number of carbonyl (C=O) groups is 3. The molecule has 8 heteroatoms. The molecule has 0 aliphatic rings. The van der Waals surface area contributed by atoms with Gasteiger partial charge in [0.1, 0.15) is 15.6 Å². The summed E-state index contributed by atoms with van der Waals surface area (Å²) >= 11 is 1.02. The maximum Gasteiger partial charge on any atom is 0.348 e. The van der Waals surface area contributed by atoms with Crippen LogP contribution in [-0.4, -0.2) is 35.6 Å². The zero-order chi connectivity index (χ0) is 29.7. The van der Waals surface area contributed by atoms with Gasteiger partial charge in [0, 0.05) is 23.9 Å². The van der Waals surface area contributed by atoms with Gasteiger partial charge in [-0.05, 0) is 61.1 Å². The molecule has 0 radical (unpaired) electrons. The summed E-state index contributed by atoms with van der Waals surface area (Å²) in [5, 5.41) is 4.15. The highest BCUT2D eigenvalue weighted by molar-refractivity contribution is 7.18. The van der Waals surface area contributed by atoms with Crippen LogP contribution in [0.15, 0.2) is 61.2 Å². The highest BCUT2D eigenvalue weighted by Crippen LogP contribution is 2.36. The van der Waals surface area contributed by atoms with Gasteiger partial charge in [-0.15, -0.1) is 17.9 Å². The number of thiophene rings is 1. The molecular weight excluding hydrogens is 536 g/mol. The molecule has 0 spiro atoms. The van der Waals surface area contributed by atoms with E-state index in [1.54, 1.807) is 19.9 Å². The number of esters is 2. The third-order valence-corrected chi connectivity index (χ3v) is 8.23. The molecule has 2 heterocycles. The fourth-order valence-electron chi connectivity index (χ4n) is 4.89. The Morgan fingerprint density at radius 2 is 1.76 bits per heavy atom. The highest BCUT2D eigenvalue weighted by atomic mass is 32.1. The molecule has 1 N–H and O–H groups in total. The third kappa shape index (κ3) is 6.28. The van der Waals surface area contributed by atoms with Crippen LogP contribution in [0, 0.1) is 13.8 Å². The second kappa shape index (κ2) is 13.0. The molecule has 7 nitrogen and oxygen atoms in total. The standard InChI is InChI=1S/C33H36N2O5S/c1-7-17-35-26-15-14-24(20(3)4)19-25(26)21(5)28(35)30(36)34-31-27(32(37)39-8-2)22(6)29(41-31)33(38)40-18-16-23-12-10-9-11-13-23/h7,9-15,19-20H,1,8,16-18H2,2-6H3,(H,34,36). The molecule has 41 heavy (non-hydrogen) atoms. The van der Waals surface area contributed by atoms with E-state index in [-0.39, 0.29) is 34.6 Å². The summed E-state index contributed by atoms with van der Waals surface area (Å²) in [7, 11) is 0. The smallest absolute Gasteiger partial charge is 0.348 e. The summed E-state index contributed by atoms with van der Waals surface area (Å²) in [6.45, 7) is 14.2. The number of ether oxygens (including phenoxy) is 2. The number of fused-ring (bicyclic) bond motifs is 1. The lowest BCUT2D eigenvalue weighted by atomic mass is 10.0. The molecule has 4 rings (SSSR count). The first-order valence-electron chi connectivity index (χ1n) is 13.7. The van der Waals surface area contributed by atoms with Crippen molar-refractivity contribution in [2.45, 2.75) is 53.5 Å². The first-order valence-corrected chi connectivity index (χ1v) is 14.6. The number of allylic oxidation sites excluding steroid dienone is 1. The van der Waals surface area contributed by atoms with Crippen LogP contribution >= 0.6 is 11.3 Å². The normalized spacial score (nSPS) is 11.1. The minimum absolute atomic E-state index is 0.156. The van der Waals surface area contributed by atoms with E-state index in [4.69, 9.17) is 9.47 Å². The van der Waals surface area contributed by atoms with Crippen LogP contribution in [0.3, 0.4) is 0 Å². The van der Waals surface area contributed by atoms with Crippen molar-refractivity contribution < 1.29 is 23.9 Å². The molecule has 2 aromatic heterocycles. The number of carbonyl (C=O) groups excluding carboxylic acids is 3. The fraction of sp³-hybridized carbons (Fsp3) is 0.303. The summed E-state index contributed by atoms with van der Waals surface area (Å²) in [5.41, 5.74) is 5.02. The van der Waals surface area contributed by atoms with Gasteiger partial charge in [-0.2, -0.15) is 0 Å². The van der Waals surface area contributed by atoms with E-state index >= 15 is 0 Å². The Morgan fingerprint density at radius 3 is 2.41 bits per heavy atom. The van der Waals surface area contributed by atoms with Gasteiger partial charge in [-0.25, -0.2) is 9.59 Å². The summed E-state index contributed by atoms with van der Waals surface area (Å²) in [6, 6.07) is 15.9. The molecule has 0 atom stereocenters. The predicted molar refractivity (Wildman–Crippen MR) is 164 cm³/mol. The lowest BCUT2D eigenvalue weighted by Gasteiger charge is -2.11. The van der Waals surface area contributed by atoms with Gasteiger partial charge in [0.15, 0.2) is 0 Å². The van der Waals surface area contributed by atoms with Gasteiger partial charge < -0.3 is 19.4 Å². The molecule has 0 saturated heterocycles. The average molecular weight is 573 g/mol. The van der Waals surface area contributed by atoms with Gasteiger partial charge in [-0.1, -0.05) is 56.3 Å². The summed E-state index contributed by atoms with van der Waals surface area (Å²) in [5.74, 6) is -1.20. The summed E-state index contributed by atoms with van der Waals surface area (Å²) < 4.78 is 12.7. The number of aryl methyl sites for hydroxylation is 1. The number of anilines is 1. The van der Waals surface area contributed by atoms with E-state index in [9.17, 15) is 14.4 Å². The van der Waals surface area contributed by atoms with Crippen molar-refractivity contribution in [3.8, 4) is 0 Å². The van der Waals surface area contributed by atoms with Crippen LogP contribution in [0.5, 0.6) is 0 Å². The van der Waals surface area contributed by atoms with Crippen LogP contribution in [0.4, 0.5) is 5.00 Å². The first kappa shape index (κ1) is 29.8. The molecule has 214 valence electrons. The number of benzene rings is 2. The largest absolute Gasteiger partial charge is 0.462 e. The summed E-state index contributed by atoms with van der Waals surface area (Å²) in [4.78, 5) is 40.1. The molecule has 4 aromatic rings. The average Bonchev–Trinajstić information content (AvgIpc) is 3.42. The Hall–Kier alpha value is -4.17. The van der Waals surface area contributed by atoms with Crippen molar-refractivity contribution in [1.82, 2.24) is 4.57 Å².